The number of rotatable bonds is 5. The third-order valence-electron chi connectivity index (χ3n) is 3.51. The summed E-state index contributed by atoms with van der Waals surface area (Å²) in [4.78, 5) is 0. The zero-order valence-electron chi connectivity index (χ0n) is 11.7. The van der Waals surface area contributed by atoms with Gasteiger partial charge < -0.3 is 5.73 Å². The fourth-order valence-electron chi connectivity index (χ4n) is 2.11. The first-order chi connectivity index (χ1) is 9.52. The van der Waals surface area contributed by atoms with Crippen LogP contribution in [0.3, 0.4) is 0 Å². The molecule has 0 bridgehead atoms. The van der Waals surface area contributed by atoms with Crippen LogP contribution in [0.4, 0.5) is 4.39 Å². The van der Waals surface area contributed by atoms with E-state index in [1.165, 1.54) is 6.07 Å². The molecule has 0 amide bonds. The first-order valence-corrected chi connectivity index (χ1v) is 7.14. The van der Waals surface area contributed by atoms with Gasteiger partial charge in [0, 0.05) is 35.3 Å². The molecule has 0 spiro atoms. The van der Waals surface area contributed by atoms with Crippen LogP contribution in [0, 0.1) is 5.82 Å². The number of hydrogen-bond acceptors (Lipinski definition) is 2. The molecular formula is C15H19ClFN3. The Morgan fingerprint density at radius 2 is 2.15 bits per heavy atom. The number of nitrogens with two attached hydrogens (primary N) is 1. The fraction of sp³-hybridized carbons (Fsp3) is 0.400. The van der Waals surface area contributed by atoms with Crippen molar-refractivity contribution in [1.29, 1.82) is 0 Å². The zero-order chi connectivity index (χ0) is 14.7. The van der Waals surface area contributed by atoms with Crippen molar-refractivity contribution in [3.05, 3.63) is 52.6 Å². The van der Waals surface area contributed by atoms with Gasteiger partial charge in [0.15, 0.2) is 0 Å². The van der Waals surface area contributed by atoms with Crippen LogP contribution in [0.1, 0.15) is 43.6 Å². The molecule has 0 radical (unpaired) electrons. The van der Waals surface area contributed by atoms with E-state index in [-0.39, 0.29) is 5.82 Å². The number of benzene rings is 1. The molecule has 2 atom stereocenters. The second-order valence-electron chi connectivity index (χ2n) is 4.99. The first-order valence-electron chi connectivity index (χ1n) is 6.76. The van der Waals surface area contributed by atoms with E-state index in [0.29, 0.717) is 23.0 Å². The van der Waals surface area contributed by atoms with Crippen molar-refractivity contribution < 1.29 is 4.39 Å². The number of hydrogen-bond donors (Lipinski definition) is 1. The summed E-state index contributed by atoms with van der Waals surface area (Å²) < 4.78 is 15.7. The Morgan fingerprint density at radius 3 is 2.80 bits per heavy atom. The number of aromatic nitrogens is 2. The maximum absolute atomic E-state index is 13.8. The van der Waals surface area contributed by atoms with Gasteiger partial charge in [-0.2, -0.15) is 5.10 Å². The molecule has 3 nitrogen and oxygen atoms in total. The molecule has 2 rings (SSSR count). The van der Waals surface area contributed by atoms with Gasteiger partial charge in [-0.05, 0) is 31.5 Å². The van der Waals surface area contributed by atoms with Crippen molar-refractivity contribution in [1.82, 2.24) is 9.78 Å². The predicted octanol–water partition coefficient (Wildman–Crippen LogP) is 3.89. The minimum atomic E-state index is -0.496. The van der Waals surface area contributed by atoms with Crippen LogP contribution < -0.4 is 5.73 Å². The summed E-state index contributed by atoms with van der Waals surface area (Å²) in [6.07, 6.45) is 3.40. The standard InChI is InChI=1S/C15H19ClFN3/c1-3-10(2)20-8-7-11(19-20)9-14(18)15-12(16)5-4-6-13(15)17/h4-8,10,14H,3,9,18H2,1-2H3. The molecule has 0 saturated heterocycles. The van der Waals surface area contributed by atoms with Crippen LogP contribution in [0.25, 0.3) is 0 Å². The molecule has 20 heavy (non-hydrogen) atoms. The van der Waals surface area contributed by atoms with Crippen LogP contribution in [0.5, 0.6) is 0 Å². The lowest BCUT2D eigenvalue weighted by molar-refractivity contribution is 0.471. The van der Waals surface area contributed by atoms with Crippen LogP contribution in [-0.4, -0.2) is 9.78 Å². The lowest BCUT2D eigenvalue weighted by Crippen LogP contribution is -2.16. The molecule has 1 aromatic heterocycles. The molecule has 2 unspecified atom stereocenters. The average Bonchev–Trinajstić information content (AvgIpc) is 2.86. The van der Waals surface area contributed by atoms with Gasteiger partial charge >= 0.3 is 0 Å². The van der Waals surface area contributed by atoms with E-state index in [4.69, 9.17) is 17.3 Å². The van der Waals surface area contributed by atoms with Gasteiger partial charge in [0.1, 0.15) is 5.82 Å². The summed E-state index contributed by atoms with van der Waals surface area (Å²) in [5, 5.41) is 4.84. The smallest absolute Gasteiger partial charge is 0.129 e. The van der Waals surface area contributed by atoms with E-state index in [2.05, 4.69) is 18.9 Å². The van der Waals surface area contributed by atoms with Crippen LogP contribution in [0.15, 0.2) is 30.5 Å². The summed E-state index contributed by atoms with van der Waals surface area (Å²) in [5.74, 6) is -0.369. The summed E-state index contributed by atoms with van der Waals surface area (Å²) >= 11 is 6.02. The largest absolute Gasteiger partial charge is 0.323 e. The maximum Gasteiger partial charge on any atom is 0.129 e. The predicted molar refractivity (Wildman–Crippen MR) is 79.3 cm³/mol. The Labute approximate surface area is 123 Å². The van der Waals surface area contributed by atoms with E-state index in [0.717, 1.165) is 12.1 Å². The van der Waals surface area contributed by atoms with Crippen molar-refractivity contribution in [3.8, 4) is 0 Å². The van der Waals surface area contributed by atoms with E-state index in [1.54, 1.807) is 12.1 Å². The van der Waals surface area contributed by atoms with Crippen molar-refractivity contribution in [2.45, 2.75) is 38.8 Å². The van der Waals surface area contributed by atoms with Gasteiger partial charge in [-0.3, -0.25) is 4.68 Å². The molecule has 0 fully saturated rings. The second kappa shape index (κ2) is 6.37. The Hall–Kier alpha value is -1.39. The SMILES string of the molecule is CCC(C)n1ccc(CC(N)c2c(F)cccc2Cl)n1. The molecule has 2 N–H and O–H groups in total. The molecule has 0 aliphatic carbocycles. The van der Waals surface area contributed by atoms with E-state index in [9.17, 15) is 4.39 Å². The zero-order valence-corrected chi connectivity index (χ0v) is 12.4. The Balaban J connectivity index is 2.15. The minimum absolute atomic E-state index is 0.344. The molecule has 108 valence electrons. The Bertz CT molecular complexity index is 562. The van der Waals surface area contributed by atoms with Gasteiger partial charge in [-0.15, -0.1) is 0 Å². The van der Waals surface area contributed by atoms with E-state index >= 15 is 0 Å². The highest BCUT2D eigenvalue weighted by Gasteiger charge is 2.17. The van der Waals surface area contributed by atoms with Crippen molar-refractivity contribution in [2.75, 3.05) is 0 Å². The third-order valence-corrected chi connectivity index (χ3v) is 3.84. The maximum atomic E-state index is 13.8. The second-order valence-corrected chi connectivity index (χ2v) is 5.40. The summed E-state index contributed by atoms with van der Waals surface area (Å²) in [6.45, 7) is 4.21. The summed E-state index contributed by atoms with van der Waals surface area (Å²) in [5.41, 5.74) is 7.27. The highest BCUT2D eigenvalue weighted by atomic mass is 35.5. The van der Waals surface area contributed by atoms with Gasteiger partial charge in [0.05, 0.1) is 5.69 Å². The van der Waals surface area contributed by atoms with Gasteiger partial charge in [-0.1, -0.05) is 24.6 Å². The average molecular weight is 296 g/mol. The van der Waals surface area contributed by atoms with Gasteiger partial charge in [0.2, 0.25) is 0 Å². The van der Waals surface area contributed by atoms with Crippen LogP contribution in [0.2, 0.25) is 5.02 Å². The summed E-state index contributed by atoms with van der Waals surface area (Å²) in [7, 11) is 0. The van der Waals surface area contributed by atoms with Crippen LogP contribution in [-0.2, 0) is 6.42 Å². The topological polar surface area (TPSA) is 43.8 Å². The highest BCUT2D eigenvalue weighted by Crippen LogP contribution is 2.26. The fourth-order valence-corrected chi connectivity index (χ4v) is 2.41. The molecular weight excluding hydrogens is 277 g/mol. The van der Waals surface area contributed by atoms with Crippen molar-refractivity contribution in [2.24, 2.45) is 5.73 Å². The number of nitrogens with zero attached hydrogens (tertiary/aromatic N) is 2. The molecule has 0 aliphatic rings. The molecule has 5 heteroatoms. The molecule has 2 aromatic rings. The molecule has 0 aliphatic heterocycles. The Kier molecular flexibility index (Phi) is 4.78. The van der Waals surface area contributed by atoms with E-state index in [1.807, 2.05) is 16.9 Å². The molecule has 1 heterocycles. The monoisotopic (exact) mass is 295 g/mol. The molecule has 1 aromatic carbocycles. The normalized spacial score (nSPS) is 14.2. The molecule has 0 saturated carbocycles. The summed E-state index contributed by atoms with van der Waals surface area (Å²) in [6, 6.07) is 6.36. The first kappa shape index (κ1) is 15.0. The third kappa shape index (κ3) is 3.19. The van der Waals surface area contributed by atoms with Gasteiger partial charge in [0.25, 0.3) is 0 Å². The number of halogens is 2. The van der Waals surface area contributed by atoms with Crippen molar-refractivity contribution in [3.63, 3.8) is 0 Å². The van der Waals surface area contributed by atoms with Crippen LogP contribution >= 0.6 is 11.6 Å². The lowest BCUT2D eigenvalue weighted by atomic mass is 10.0. The quantitative estimate of drug-likeness (QED) is 0.909. The van der Waals surface area contributed by atoms with Gasteiger partial charge in [-0.25, -0.2) is 4.39 Å². The lowest BCUT2D eigenvalue weighted by Gasteiger charge is -2.13. The van der Waals surface area contributed by atoms with Crippen molar-refractivity contribution >= 4 is 11.6 Å². The van der Waals surface area contributed by atoms with E-state index < -0.39 is 6.04 Å². The minimum Gasteiger partial charge on any atom is -0.323 e. The highest BCUT2D eigenvalue weighted by molar-refractivity contribution is 6.31. The Morgan fingerprint density at radius 1 is 1.40 bits per heavy atom.